The summed E-state index contributed by atoms with van der Waals surface area (Å²) < 4.78 is 12.2. The molecule has 1 amide bonds. The van der Waals surface area contributed by atoms with Gasteiger partial charge in [-0.3, -0.25) is 9.59 Å². The van der Waals surface area contributed by atoms with E-state index in [1.807, 2.05) is 37.4 Å². The molecular formula is C22H25N3O4. The number of rotatable bonds is 7. The van der Waals surface area contributed by atoms with Crippen molar-refractivity contribution in [1.29, 1.82) is 0 Å². The number of nitrogens with one attached hydrogen (secondary N) is 1. The number of ether oxygens (including phenoxy) is 2. The monoisotopic (exact) mass is 395 g/mol. The van der Waals surface area contributed by atoms with Crippen molar-refractivity contribution >= 4 is 17.5 Å². The zero-order valence-electron chi connectivity index (χ0n) is 17.0. The summed E-state index contributed by atoms with van der Waals surface area (Å²) in [5.74, 6) is -0.0458. The van der Waals surface area contributed by atoms with Gasteiger partial charge in [0.05, 0.1) is 25.7 Å². The number of aromatic nitrogens is 2. The van der Waals surface area contributed by atoms with E-state index in [2.05, 4.69) is 10.3 Å². The molecule has 3 aromatic rings. The van der Waals surface area contributed by atoms with Crippen LogP contribution in [0.4, 0.5) is 0 Å². The first-order valence-electron chi connectivity index (χ1n) is 9.45. The van der Waals surface area contributed by atoms with Crippen LogP contribution in [0.15, 0.2) is 48.8 Å². The van der Waals surface area contributed by atoms with Gasteiger partial charge in [-0.1, -0.05) is 12.1 Å². The molecule has 0 aliphatic rings. The fraction of sp³-hybridized carbons (Fsp3) is 0.318. The lowest BCUT2D eigenvalue weighted by atomic mass is 10.0. The number of imidazole rings is 1. The number of fused-ring (bicyclic) bond motifs is 1. The average molecular weight is 395 g/mol. The fourth-order valence-corrected chi connectivity index (χ4v) is 2.99. The van der Waals surface area contributed by atoms with E-state index in [0.717, 1.165) is 11.1 Å². The van der Waals surface area contributed by atoms with Gasteiger partial charge in [-0.05, 0) is 56.2 Å². The number of benzene rings is 1. The van der Waals surface area contributed by atoms with Gasteiger partial charge in [0.1, 0.15) is 17.1 Å². The van der Waals surface area contributed by atoms with E-state index in [0.29, 0.717) is 11.4 Å². The van der Waals surface area contributed by atoms with E-state index in [1.54, 1.807) is 43.7 Å². The zero-order valence-corrected chi connectivity index (χ0v) is 17.0. The maximum Gasteiger partial charge on any atom is 0.308 e. The number of carbonyl (C=O) groups is 2. The highest BCUT2D eigenvalue weighted by Crippen LogP contribution is 2.22. The molecule has 0 bridgehead atoms. The summed E-state index contributed by atoms with van der Waals surface area (Å²) in [6.07, 6.45) is 3.32. The summed E-state index contributed by atoms with van der Waals surface area (Å²) >= 11 is 0. The zero-order chi connectivity index (χ0) is 21.0. The molecule has 7 heteroatoms. The van der Waals surface area contributed by atoms with Crippen molar-refractivity contribution in [1.82, 2.24) is 14.7 Å². The van der Waals surface area contributed by atoms with Gasteiger partial charge in [-0.2, -0.15) is 0 Å². The number of carbonyl (C=O) groups excluding carboxylic acids is 2. The van der Waals surface area contributed by atoms with E-state index >= 15 is 0 Å². The Balaban J connectivity index is 1.83. The number of pyridine rings is 1. The van der Waals surface area contributed by atoms with Crippen LogP contribution in [0.2, 0.25) is 0 Å². The van der Waals surface area contributed by atoms with Crippen LogP contribution < -0.4 is 10.1 Å². The largest absolute Gasteiger partial charge is 0.497 e. The van der Waals surface area contributed by atoms with Crippen molar-refractivity contribution in [2.24, 2.45) is 0 Å². The summed E-state index contributed by atoms with van der Waals surface area (Å²) in [5, 5.41) is 2.91. The highest BCUT2D eigenvalue weighted by atomic mass is 16.5. The lowest BCUT2D eigenvalue weighted by Crippen LogP contribution is -2.31. The smallest absolute Gasteiger partial charge is 0.308 e. The molecule has 152 valence electrons. The summed E-state index contributed by atoms with van der Waals surface area (Å²) in [4.78, 5) is 29.5. The summed E-state index contributed by atoms with van der Waals surface area (Å²) in [6, 6.07) is 10.5. The van der Waals surface area contributed by atoms with E-state index < -0.39 is 6.04 Å². The third-order valence-corrected chi connectivity index (χ3v) is 4.41. The van der Waals surface area contributed by atoms with Crippen LogP contribution in [0.1, 0.15) is 47.9 Å². The topological polar surface area (TPSA) is 81.9 Å². The molecule has 0 fully saturated rings. The van der Waals surface area contributed by atoms with Crippen LogP contribution in [-0.2, 0) is 9.53 Å². The second-order valence-corrected chi connectivity index (χ2v) is 7.14. The number of methoxy groups -OCH3 is 1. The molecular weight excluding hydrogens is 370 g/mol. The molecule has 1 unspecified atom stereocenters. The van der Waals surface area contributed by atoms with Crippen molar-refractivity contribution in [2.75, 3.05) is 7.11 Å². The van der Waals surface area contributed by atoms with Crippen LogP contribution in [0, 0.1) is 6.92 Å². The third-order valence-electron chi connectivity index (χ3n) is 4.41. The van der Waals surface area contributed by atoms with Gasteiger partial charge in [-0.15, -0.1) is 0 Å². The maximum atomic E-state index is 12.8. The quantitative estimate of drug-likeness (QED) is 0.620. The molecule has 2 aromatic heterocycles. The van der Waals surface area contributed by atoms with Crippen LogP contribution in [0.25, 0.3) is 5.65 Å². The predicted octanol–water partition coefficient (Wildman–Crippen LogP) is 3.46. The average Bonchev–Trinajstić information content (AvgIpc) is 3.10. The molecule has 0 spiro atoms. The molecule has 0 radical (unpaired) electrons. The summed E-state index contributed by atoms with van der Waals surface area (Å²) in [6.45, 7) is 5.55. The van der Waals surface area contributed by atoms with E-state index in [4.69, 9.17) is 9.47 Å². The van der Waals surface area contributed by atoms with Crippen LogP contribution in [-0.4, -0.2) is 34.5 Å². The first-order chi connectivity index (χ1) is 13.9. The Morgan fingerprint density at radius 3 is 2.55 bits per heavy atom. The molecule has 0 saturated heterocycles. The number of nitrogens with zero attached hydrogens (tertiary/aromatic N) is 2. The molecule has 0 aliphatic carbocycles. The first-order valence-corrected chi connectivity index (χ1v) is 9.45. The highest BCUT2D eigenvalue weighted by molar-refractivity contribution is 5.93. The van der Waals surface area contributed by atoms with Gasteiger partial charge in [0.25, 0.3) is 5.91 Å². The number of hydrogen-bond acceptors (Lipinski definition) is 5. The normalized spacial score (nSPS) is 12.0. The van der Waals surface area contributed by atoms with E-state index in [1.165, 1.54) is 0 Å². The second-order valence-electron chi connectivity index (χ2n) is 7.14. The Morgan fingerprint density at radius 2 is 1.90 bits per heavy atom. The Bertz CT molecular complexity index is 1010. The number of amides is 1. The lowest BCUT2D eigenvalue weighted by Gasteiger charge is -2.19. The van der Waals surface area contributed by atoms with Crippen molar-refractivity contribution in [3.63, 3.8) is 0 Å². The van der Waals surface area contributed by atoms with Crippen molar-refractivity contribution < 1.29 is 19.1 Å². The van der Waals surface area contributed by atoms with Gasteiger partial charge in [0, 0.05) is 12.4 Å². The molecule has 29 heavy (non-hydrogen) atoms. The highest BCUT2D eigenvalue weighted by Gasteiger charge is 2.22. The Morgan fingerprint density at radius 1 is 1.17 bits per heavy atom. The minimum Gasteiger partial charge on any atom is -0.497 e. The molecule has 1 aromatic carbocycles. The third kappa shape index (κ3) is 5.13. The standard InChI is InChI=1S/C22H25N3O4/c1-14(2)29-21(26)12-18(16-5-7-17(28-4)8-6-16)24-22(27)19-13-25-10-9-15(3)11-20(25)23-19/h5-11,13-14,18H,12H2,1-4H3,(H,24,27). The predicted molar refractivity (Wildman–Crippen MR) is 109 cm³/mol. The van der Waals surface area contributed by atoms with Gasteiger partial charge >= 0.3 is 5.97 Å². The van der Waals surface area contributed by atoms with Crippen LogP contribution >= 0.6 is 0 Å². The molecule has 3 rings (SSSR count). The number of hydrogen-bond donors (Lipinski definition) is 1. The Labute approximate surface area is 169 Å². The lowest BCUT2D eigenvalue weighted by molar-refractivity contribution is -0.147. The minimum atomic E-state index is -0.550. The number of aryl methyl sites for hydroxylation is 1. The van der Waals surface area contributed by atoms with E-state index in [9.17, 15) is 9.59 Å². The Hall–Kier alpha value is -3.35. The second kappa shape index (κ2) is 8.77. The van der Waals surface area contributed by atoms with Crippen LogP contribution in [0.5, 0.6) is 5.75 Å². The molecule has 1 atom stereocenters. The van der Waals surface area contributed by atoms with E-state index in [-0.39, 0.29) is 30.1 Å². The summed E-state index contributed by atoms with van der Waals surface area (Å²) in [5.41, 5.74) is 2.81. The van der Waals surface area contributed by atoms with Crippen molar-refractivity contribution in [3.8, 4) is 5.75 Å². The Kier molecular flexibility index (Phi) is 6.16. The molecule has 1 N–H and O–H groups in total. The molecule has 2 heterocycles. The SMILES string of the molecule is COc1ccc(C(CC(=O)OC(C)C)NC(=O)c2cn3ccc(C)cc3n2)cc1. The number of esters is 1. The summed E-state index contributed by atoms with van der Waals surface area (Å²) in [7, 11) is 1.58. The molecule has 7 nitrogen and oxygen atoms in total. The first kappa shape index (κ1) is 20.4. The fourth-order valence-electron chi connectivity index (χ4n) is 2.99. The van der Waals surface area contributed by atoms with Crippen molar-refractivity contribution in [2.45, 2.75) is 39.3 Å². The van der Waals surface area contributed by atoms with Gasteiger partial charge < -0.3 is 19.2 Å². The van der Waals surface area contributed by atoms with Crippen LogP contribution in [0.3, 0.4) is 0 Å². The van der Waals surface area contributed by atoms with Gasteiger partial charge in [-0.25, -0.2) is 4.98 Å². The molecule has 0 aliphatic heterocycles. The van der Waals surface area contributed by atoms with Gasteiger partial charge in [0.15, 0.2) is 0 Å². The van der Waals surface area contributed by atoms with Gasteiger partial charge in [0.2, 0.25) is 0 Å². The molecule has 0 saturated carbocycles. The van der Waals surface area contributed by atoms with Crippen molar-refractivity contribution in [3.05, 3.63) is 65.6 Å². The minimum absolute atomic E-state index is 0.0166. The maximum absolute atomic E-state index is 12.8.